The summed E-state index contributed by atoms with van der Waals surface area (Å²) in [5, 5.41) is 2.83. The Labute approximate surface area is 126 Å². The van der Waals surface area contributed by atoms with Gasteiger partial charge in [-0.3, -0.25) is 4.79 Å². The molecule has 0 spiro atoms. The van der Waals surface area contributed by atoms with E-state index >= 15 is 0 Å². The van der Waals surface area contributed by atoms with Crippen molar-refractivity contribution in [1.82, 2.24) is 20.3 Å². The average molecular weight is 294 g/mol. The zero-order valence-corrected chi connectivity index (χ0v) is 11.8. The van der Waals surface area contributed by atoms with Crippen LogP contribution in [-0.2, 0) is 6.54 Å². The Bertz CT molecular complexity index is 825. The first-order valence-electron chi connectivity index (χ1n) is 7.23. The van der Waals surface area contributed by atoms with Crippen molar-refractivity contribution in [3.8, 4) is 0 Å². The minimum Gasteiger partial charge on any atom is -0.440 e. The molecule has 0 unspecified atom stereocenters. The molecule has 0 saturated heterocycles. The Morgan fingerprint density at radius 1 is 1.32 bits per heavy atom. The average Bonchev–Trinajstić information content (AvgIpc) is 3.32. The lowest BCUT2D eigenvalue weighted by Gasteiger charge is -2.04. The van der Waals surface area contributed by atoms with Crippen LogP contribution in [-0.4, -0.2) is 20.9 Å². The fourth-order valence-corrected chi connectivity index (χ4v) is 2.28. The van der Waals surface area contributed by atoms with Gasteiger partial charge < -0.3 is 9.73 Å². The number of oxazole rings is 1. The van der Waals surface area contributed by atoms with Gasteiger partial charge in [0.15, 0.2) is 11.5 Å². The fraction of sp³-hybridized carbons (Fsp3) is 0.250. The highest BCUT2D eigenvalue weighted by atomic mass is 16.3. The third-order valence-corrected chi connectivity index (χ3v) is 3.67. The molecule has 1 aromatic carbocycles. The van der Waals surface area contributed by atoms with E-state index < -0.39 is 0 Å². The largest absolute Gasteiger partial charge is 0.440 e. The van der Waals surface area contributed by atoms with Crippen LogP contribution in [0.25, 0.3) is 11.1 Å². The standard InChI is InChI=1S/C16H14N4O2/c21-15(18-8-12-5-6-17-9-19-12)11-3-4-13-14(7-11)22-16(20-13)10-1-2-10/h3-7,9-10H,1-2,8H2,(H,18,21). The number of fused-ring (bicyclic) bond motifs is 1. The first-order chi connectivity index (χ1) is 10.8. The predicted molar refractivity (Wildman–Crippen MR) is 79.2 cm³/mol. The van der Waals surface area contributed by atoms with Crippen molar-refractivity contribution in [1.29, 1.82) is 0 Å². The number of hydrogen-bond donors (Lipinski definition) is 1. The normalized spacial score (nSPS) is 14.2. The second-order valence-corrected chi connectivity index (χ2v) is 5.39. The zero-order chi connectivity index (χ0) is 14.9. The van der Waals surface area contributed by atoms with Gasteiger partial charge in [0.05, 0.1) is 12.2 Å². The van der Waals surface area contributed by atoms with Crippen molar-refractivity contribution in [2.24, 2.45) is 0 Å². The van der Waals surface area contributed by atoms with E-state index in [1.54, 1.807) is 24.4 Å². The Hall–Kier alpha value is -2.76. The molecule has 6 heteroatoms. The number of nitrogens with one attached hydrogen (secondary N) is 1. The van der Waals surface area contributed by atoms with Crippen molar-refractivity contribution in [3.63, 3.8) is 0 Å². The number of hydrogen-bond acceptors (Lipinski definition) is 5. The van der Waals surface area contributed by atoms with Crippen LogP contribution < -0.4 is 5.32 Å². The van der Waals surface area contributed by atoms with Crippen LogP contribution in [0.1, 0.15) is 40.7 Å². The van der Waals surface area contributed by atoms with Crippen LogP contribution >= 0.6 is 0 Å². The highest BCUT2D eigenvalue weighted by molar-refractivity contribution is 5.96. The monoisotopic (exact) mass is 294 g/mol. The van der Waals surface area contributed by atoms with E-state index in [1.165, 1.54) is 6.33 Å². The minimum atomic E-state index is -0.162. The quantitative estimate of drug-likeness (QED) is 0.799. The van der Waals surface area contributed by atoms with E-state index in [9.17, 15) is 4.79 Å². The molecule has 0 radical (unpaired) electrons. The van der Waals surface area contributed by atoms with Crippen molar-refractivity contribution >= 4 is 17.0 Å². The molecular weight excluding hydrogens is 280 g/mol. The SMILES string of the molecule is O=C(NCc1ccncn1)c1ccc2nc(C3CC3)oc2c1. The molecule has 6 nitrogen and oxygen atoms in total. The summed E-state index contributed by atoms with van der Waals surface area (Å²) in [6.07, 6.45) is 5.38. The lowest BCUT2D eigenvalue weighted by molar-refractivity contribution is 0.0950. The molecule has 1 aliphatic rings. The molecule has 1 fully saturated rings. The number of benzene rings is 1. The third-order valence-electron chi connectivity index (χ3n) is 3.67. The molecule has 2 heterocycles. The van der Waals surface area contributed by atoms with Gasteiger partial charge in [-0.1, -0.05) is 0 Å². The summed E-state index contributed by atoms with van der Waals surface area (Å²) >= 11 is 0. The van der Waals surface area contributed by atoms with E-state index in [0.29, 0.717) is 23.6 Å². The predicted octanol–water partition coefficient (Wildman–Crippen LogP) is 2.43. The van der Waals surface area contributed by atoms with E-state index in [2.05, 4.69) is 20.3 Å². The molecule has 0 bridgehead atoms. The topological polar surface area (TPSA) is 80.9 Å². The minimum absolute atomic E-state index is 0.162. The maximum atomic E-state index is 12.2. The number of aromatic nitrogens is 3. The molecule has 1 aliphatic carbocycles. The van der Waals surface area contributed by atoms with Crippen LogP contribution in [0, 0.1) is 0 Å². The molecule has 1 amide bonds. The Balaban J connectivity index is 1.51. The fourth-order valence-electron chi connectivity index (χ4n) is 2.28. The van der Waals surface area contributed by atoms with Gasteiger partial charge in [-0.25, -0.2) is 15.0 Å². The van der Waals surface area contributed by atoms with Gasteiger partial charge in [-0.2, -0.15) is 0 Å². The highest BCUT2D eigenvalue weighted by Gasteiger charge is 2.29. The molecule has 1 saturated carbocycles. The highest BCUT2D eigenvalue weighted by Crippen LogP contribution is 2.40. The van der Waals surface area contributed by atoms with Crippen LogP contribution in [0.2, 0.25) is 0 Å². The van der Waals surface area contributed by atoms with Gasteiger partial charge in [-0.15, -0.1) is 0 Å². The van der Waals surface area contributed by atoms with E-state index in [1.807, 2.05) is 6.07 Å². The van der Waals surface area contributed by atoms with Crippen LogP contribution in [0.5, 0.6) is 0 Å². The number of nitrogens with zero attached hydrogens (tertiary/aromatic N) is 3. The molecule has 0 atom stereocenters. The van der Waals surface area contributed by atoms with Crippen LogP contribution in [0.4, 0.5) is 0 Å². The third kappa shape index (κ3) is 2.55. The van der Waals surface area contributed by atoms with Gasteiger partial charge in [0, 0.05) is 17.7 Å². The number of amides is 1. The first-order valence-corrected chi connectivity index (χ1v) is 7.23. The Morgan fingerprint density at radius 3 is 3.00 bits per heavy atom. The van der Waals surface area contributed by atoms with Gasteiger partial charge >= 0.3 is 0 Å². The smallest absolute Gasteiger partial charge is 0.251 e. The number of carbonyl (C=O) groups excluding carboxylic acids is 1. The molecule has 0 aliphatic heterocycles. The van der Waals surface area contributed by atoms with E-state index in [0.717, 1.165) is 29.9 Å². The van der Waals surface area contributed by atoms with Crippen molar-refractivity contribution < 1.29 is 9.21 Å². The summed E-state index contributed by atoms with van der Waals surface area (Å²) in [6.45, 7) is 0.364. The van der Waals surface area contributed by atoms with Crippen LogP contribution in [0.3, 0.4) is 0 Å². The van der Waals surface area contributed by atoms with Gasteiger partial charge in [0.25, 0.3) is 5.91 Å². The molecule has 4 rings (SSSR count). The summed E-state index contributed by atoms with van der Waals surface area (Å²) < 4.78 is 5.73. The summed E-state index contributed by atoms with van der Waals surface area (Å²) in [4.78, 5) is 24.6. The first kappa shape index (κ1) is 12.9. The molecular formula is C16H14N4O2. The summed E-state index contributed by atoms with van der Waals surface area (Å²) in [5.41, 5.74) is 2.78. The lowest BCUT2D eigenvalue weighted by Crippen LogP contribution is -2.23. The molecule has 1 N–H and O–H groups in total. The van der Waals surface area contributed by atoms with Gasteiger partial charge in [0.1, 0.15) is 11.8 Å². The molecule has 2 aromatic heterocycles. The van der Waals surface area contributed by atoms with E-state index in [4.69, 9.17) is 4.42 Å². The maximum Gasteiger partial charge on any atom is 0.251 e. The van der Waals surface area contributed by atoms with Gasteiger partial charge in [0.2, 0.25) is 0 Å². The summed E-state index contributed by atoms with van der Waals surface area (Å²) in [7, 11) is 0. The van der Waals surface area contributed by atoms with Crippen LogP contribution in [0.15, 0.2) is 41.2 Å². The zero-order valence-electron chi connectivity index (χ0n) is 11.8. The van der Waals surface area contributed by atoms with Crippen molar-refractivity contribution in [2.45, 2.75) is 25.3 Å². The molecule has 3 aromatic rings. The molecule has 22 heavy (non-hydrogen) atoms. The second-order valence-electron chi connectivity index (χ2n) is 5.39. The van der Waals surface area contributed by atoms with Crippen molar-refractivity contribution in [3.05, 3.63) is 53.9 Å². The Morgan fingerprint density at radius 2 is 2.23 bits per heavy atom. The Kier molecular flexibility index (Phi) is 3.07. The lowest BCUT2D eigenvalue weighted by atomic mass is 10.2. The molecule has 110 valence electrons. The van der Waals surface area contributed by atoms with Crippen molar-refractivity contribution in [2.75, 3.05) is 0 Å². The van der Waals surface area contributed by atoms with E-state index in [-0.39, 0.29) is 5.91 Å². The summed E-state index contributed by atoms with van der Waals surface area (Å²) in [6, 6.07) is 7.09. The summed E-state index contributed by atoms with van der Waals surface area (Å²) in [5.74, 6) is 1.08. The number of rotatable bonds is 4. The van der Waals surface area contributed by atoms with Gasteiger partial charge in [-0.05, 0) is 37.1 Å². The maximum absolute atomic E-state index is 12.2. The number of carbonyl (C=O) groups is 1. The second kappa shape index (κ2) is 5.22.